The van der Waals surface area contributed by atoms with Crippen LogP contribution in [0.2, 0.25) is 0 Å². The van der Waals surface area contributed by atoms with Gasteiger partial charge in [-0.25, -0.2) is 0 Å². The average molecular weight is 275 g/mol. The van der Waals surface area contributed by atoms with E-state index < -0.39 is 11.9 Å². The third kappa shape index (κ3) is 5.10. The molecule has 1 aromatic rings. The maximum atomic E-state index is 11.7. The van der Waals surface area contributed by atoms with Gasteiger partial charge in [0.05, 0.1) is 6.42 Å². The van der Waals surface area contributed by atoms with Crippen molar-refractivity contribution in [2.24, 2.45) is 0 Å². The largest absolute Gasteiger partial charge is 0.508 e. The molecule has 0 radical (unpaired) electrons. The van der Waals surface area contributed by atoms with Crippen molar-refractivity contribution < 1.29 is 19.8 Å². The van der Waals surface area contributed by atoms with Crippen LogP contribution in [0, 0.1) is 11.3 Å². The summed E-state index contributed by atoms with van der Waals surface area (Å²) in [5, 5.41) is 31.4. The van der Waals surface area contributed by atoms with Crippen molar-refractivity contribution >= 4 is 17.6 Å². The van der Waals surface area contributed by atoms with E-state index in [2.05, 4.69) is 10.6 Å². The number of aromatic hydroxyl groups is 1. The predicted octanol–water partition coefficient (Wildman–Crippen LogP) is 0.802. The van der Waals surface area contributed by atoms with Crippen LogP contribution in [-0.2, 0) is 9.59 Å². The van der Waals surface area contributed by atoms with E-state index in [0.29, 0.717) is 5.69 Å². The molecule has 0 aliphatic heterocycles. The van der Waals surface area contributed by atoms with Gasteiger partial charge in [0.25, 0.3) is 5.91 Å². The number of amides is 1. The number of anilines is 1. The summed E-state index contributed by atoms with van der Waals surface area (Å²) in [7, 11) is 0. The van der Waals surface area contributed by atoms with Crippen LogP contribution in [0.25, 0.3) is 0 Å². The molecule has 104 valence electrons. The molecule has 7 nitrogen and oxygen atoms in total. The second-order valence-corrected chi connectivity index (χ2v) is 3.77. The summed E-state index contributed by atoms with van der Waals surface area (Å²) in [4.78, 5) is 22.0. The number of phenolic OH excluding ortho intramolecular Hbond substituents is 1. The maximum absolute atomic E-state index is 11.7. The molecule has 1 aromatic carbocycles. The van der Waals surface area contributed by atoms with Crippen molar-refractivity contribution in [1.82, 2.24) is 5.32 Å². The van der Waals surface area contributed by atoms with Gasteiger partial charge in [-0.1, -0.05) is 0 Å². The Morgan fingerprint density at radius 1 is 1.30 bits per heavy atom. The molecular weight excluding hydrogens is 262 g/mol. The quantitative estimate of drug-likeness (QED) is 0.263. The van der Waals surface area contributed by atoms with Crippen molar-refractivity contribution in [3.8, 4) is 11.8 Å². The van der Waals surface area contributed by atoms with Crippen LogP contribution in [-0.4, -0.2) is 28.6 Å². The smallest absolute Gasteiger partial charge is 0.305 e. The molecule has 0 atom stereocenters. The first-order valence-corrected chi connectivity index (χ1v) is 5.68. The Hall–Kier alpha value is -3.01. The lowest BCUT2D eigenvalue weighted by atomic mass is 10.2. The topological polar surface area (TPSA) is 122 Å². The molecule has 0 unspecified atom stereocenters. The maximum Gasteiger partial charge on any atom is 0.305 e. The summed E-state index contributed by atoms with van der Waals surface area (Å²) in [5.41, 5.74) is 0.253. The highest BCUT2D eigenvalue weighted by Crippen LogP contribution is 2.14. The Kier molecular flexibility index (Phi) is 5.59. The fourth-order valence-corrected chi connectivity index (χ4v) is 1.25. The molecule has 0 bridgehead atoms. The minimum atomic E-state index is -0.974. The zero-order valence-electron chi connectivity index (χ0n) is 10.5. The second kappa shape index (κ2) is 7.43. The Morgan fingerprint density at radius 2 is 1.95 bits per heavy atom. The summed E-state index contributed by atoms with van der Waals surface area (Å²) in [6, 6.07) is 7.48. The molecular formula is C13H13N3O4. The van der Waals surface area contributed by atoms with Crippen LogP contribution in [0.3, 0.4) is 0 Å². The second-order valence-electron chi connectivity index (χ2n) is 3.77. The molecule has 0 aliphatic rings. The number of carboxylic acids is 1. The first kappa shape index (κ1) is 15.0. The summed E-state index contributed by atoms with van der Waals surface area (Å²) in [6.07, 6.45) is 1.05. The van der Waals surface area contributed by atoms with Crippen LogP contribution < -0.4 is 10.6 Å². The van der Waals surface area contributed by atoms with Gasteiger partial charge in [0, 0.05) is 18.4 Å². The van der Waals surface area contributed by atoms with Crippen LogP contribution in [0.15, 0.2) is 36.0 Å². The lowest BCUT2D eigenvalue weighted by Crippen LogP contribution is -2.18. The fraction of sp³-hybridized carbons (Fsp3) is 0.154. The van der Waals surface area contributed by atoms with Gasteiger partial charge >= 0.3 is 5.97 Å². The summed E-state index contributed by atoms with van der Waals surface area (Å²) in [6.45, 7) is 0.118. The SMILES string of the molecule is N#C/C(=C/NCCC(=O)O)C(=O)Nc1ccc(O)cc1. The lowest BCUT2D eigenvalue weighted by molar-refractivity contribution is -0.136. The molecule has 0 saturated carbocycles. The van der Waals surface area contributed by atoms with E-state index in [9.17, 15) is 9.59 Å². The number of rotatable bonds is 6. The van der Waals surface area contributed by atoms with Crippen molar-refractivity contribution in [3.05, 3.63) is 36.0 Å². The number of phenols is 1. The molecule has 4 N–H and O–H groups in total. The van der Waals surface area contributed by atoms with E-state index in [1.807, 2.05) is 0 Å². The van der Waals surface area contributed by atoms with E-state index in [0.717, 1.165) is 0 Å². The Balaban J connectivity index is 2.58. The average Bonchev–Trinajstić information content (AvgIpc) is 2.41. The van der Waals surface area contributed by atoms with E-state index in [1.54, 1.807) is 6.07 Å². The standard InChI is InChI=1S/C13H13N3O4/c14-7-9(8-15-6-5-12(18)19)13(20)16-10-1-3-11(17)4-2-10/h1-4,8,15,17H,5-6H2,(H,16,20)(H,18,19)/b9-8-. The Labute approximate surface area is 115 Å². The number of carbonyl (C=O) groups is 2. The van der Waals surface area contributed by atoms with Crippen molar-refractivity contribution in [2.75, 3.05) is 11.9 Å². The molecule has 0 spiro atoms. The third-order valence-electron chi connectivity index (χ3n) is 2.22. The molecule has 1 rings (SSSR count). The van der Waals surface area contributed by atoms with Gasteiger partial charge in [0.15, 0.2) is 0 Å². The monoisotopic (exact) mass is 275 g/mol. The summed E-state index contributed by atoms with van der Waals surface area (Å²) < 4.78 is 0. The number of nitriles is 1. The molecule has 0 saturated heterocycles. The zero-order valence-corrected chi connectivity index (χ0v) is 10.5. The van der Waals surface area contributed by atoms with Gasteiger partial charge in [0.1, 0.15) is 17.4 Å². The van der Waals surface area contributed by atoms with Gasteiger partial charge < -0.3 is 20.8 Å². The number of nitrogens with one attached hydrogen (secondary N) is 2. The number of carbonyl (C=O) groups excluding carboxylic acids is 1. The van der Waals surface area contributed by atoms with E-state index in [-0.39, 0.29) is 24.3 Å². The number of benzene rings is 1. The van der Waals surface area contributed by atoms with Crippen LogP contribution in [0.4, 0.5) is 5.69 Å². The third-order valence-corrected chi connectivity index (χ3v) is 2.22. The number of hydrogen-bond donors (Lipinski definition) is 4. The molecule has 0 aromatic heterocycles. The highest BCUT2D eigenvalue weighted by molar-refractivity contribution is 6.06. The molecule has 0 fully saturated rings. The van der Waals surface area contributed by atoms with E-state index >= 15 is 0 Å². The van der Waals surface area contributed by atoms with Gasteiger partial charge in [-0.15, -0.1) is 0 Å². The van der Waals surface area contributed by atoms with Crippen LogP contribution in [0.5, 0.6) is 5.75 Å². The number of hydrogen-bond acceptors (Lipinski definition) is 5. The van der Waals surface area contributed by atoms with Crippen molar-refractivity contribution in [1.29, 1.82) is 5.26 Å². The summed E-state index contributed by atoms with van der Waals surface area (Å²) in [5.74, 6) is -1.53. The highest BCUT2D eigenvalue weighted by Gasteiger charge is 2.09. The first-order chi connectivity index (χ1) is 9.52. The molecule has 0 heterocycles. The fourth-order valence-electron chi connectivity index (χ4n) is 1.25. The van der Waals surface area contributed by atoms with Gasteiger partial charge in [-0.2, -0.15) is 5.26 Å². The van der Waals surface area contributed by atoms with Gasteiger partial charge in [0.2, 0.25) is 0 Å². The van der Waals surface area contributed by atoms with Gasteiger partial charge in [-0.05, 0) is 24.3 Å². The Morgan fingerprint density at radius 3 is 2.50 bits per heavy atom. The number of carboxylic acid groups (broad SMARTS) is 1. The van der Waals surface area contributed by atoms with Crippen molar-refractivity contribution in [3.63, 3.8) is 0 Å². The minimum Gasteiger partial charge on any atom is -0.508 e. The summed E-state index contributed by atoms with van der Waals surface area (Å²) >= 11 is 0. The Bertz CT molecular complexity index is 558. The first-order valence-electron chi connectivity index (χ1n) is 5.68. The molecule has 20 heavy (non-hydrogen) atoms. The molecule has 1 amide bonds. The predicted molar refractivity (Wildman–Crippen MR) is 70.7 cm³/mol. The highest BCUT2D eigenvalue weighted by atomic mass is 16.4. The zero-order chi connectivity index (χ0) is 15.0. The van der Waals surface area contributed by atoms with Crippen molar-refractivity contribution in [2.45, 2.75) is 6.42 Å². The van der Waals surface area contributed by atoms with Gasteiger partial charge in [-0.3, -0.25) is 9.59 Å². The minimum absolute atomic E-state index is 0.0642. The van der Waals surface area contributed by atoms with E-state index in [4.69, 9.17) is 15.5 Å². The molecule has 0 aliphatic carbocycles. The molecule has 7 heteroatoms. The van der Waals surface area contributed by atoms with E-state index in [1.165, 1.54) is 30.5 Å². The normalized spacial score (nSPS) is 10.4. The van der Waals surface area contributed by atoms with Crippen LogP contribution >= 0.6 is 0 Å². The lowest BCUT2D eigenvalue weighted by Gasteiger charge is -2.04. The number of aliphatic carboxylic acids is 1. The number of nitrogens with zero attached hydrogens (tertiary/aromatic N) is 1. The van der Waals surface area contributed by atoms with Crippen LogP contribution in [0.1, 0.15) is 6.42 Å².